The standard InChI is InChI=1S/C13H17N3O.C9H12O2/c1-9(10(2)14)13(15-3)11-6-4-5-7-12(11)16-8-17;1-8-3-2-4-9(7-8)11-6-5-10/h4-8H,14H2,1-3H3,(H,16,17);2-4,7,10H,5-6H2,1H3/b10-9+,15-13?;. The first-order valence-electron chi connectivity index (χ1n) is 8.94. The Morgan fingerprint density at radius 2 is 1.93 bits per heavy atom. The molecule has 2 aromatic carbocycles. The molecule has 1 amide bonds. The zero-order chi connectivity index (χ0) is 20.9. The predicted molar refractivity (Wildman–Crippen MR) is 115 cm³/mol. The third kappa shape index (κ3) is 7.25. The Morgan fingerprint density at radius 1 is 1.21 bits per heavy atom. The highest BCUT2D eigenvalue weighted by molar-refractivity contribution is 6.16. The van der Waals surface area contributed by atoms with Crippen molar-refractivity contribution in [2.45, 2.75) is 20.8 Å². The van der Waals surface area contributed by atoms with Gasteiger partial charge >= 0.3 is 0 Å². The van der Waals surface area contributed by atoms with E-state index in [0.717, 1.165) is 28.3 Å². The average Bonchev–Trinajstić information content (AvgIpc) is 2.69. The number of amides is 1. The smallest absolute Gasteiger partial charge is 0.211 e. The molecule has 4 N–H and O–H groups in total. The normalized spacial score (nSPS) is 11.7. The number of aryl methyl sites for hydroxylation is 1. The van der Waals surface area contributed by atoms with Gasteiger partial charge in [0.15, 0.2) is 0 Å². The van der Waals surface area contributed by atoms with Crippen molar-refractivity contribution in [2.75, 3.05) is 25.6 Å². The number of para-hydroxylation sites is 1. The van der Waals surface area contributed by atoms with Crippen molar-refractivity contribution >= 4 is 17.8 Å². The van der Waals surface area contributed by atoms with Crippen molar-refractivity contribution in [2.24, 2.45) is 10.7 Å². The summed E-state index contributed by atoms with van der Waals surface area (Å²) < 4.78 is 5.19. The molecular formula is C22H29N3O3. The van der Waals surface area contributed by atoms with Crippen LogP contribution in [0.15, 0.2) is 64.8 Å². The lowest BCUT2D eigenvalue weighted by Gasteiger charge is -2.12. The second kappa shape index (κ2) is 12.3. The molecule has 0 aliphatic carbocycles. The van der Waals surface area contributed by atoms with Crippen LogP contribution in [-0.4, -0.2) is 37.5 Å². The highest BCUT2D eigenvalue weighted by Gasteiger charge is 2.11. The van der Waals surface area contributed by atoms with E-state index in [1.165, 1.54) is 5.56 Å². The van der Waals surface area contributed by atoms with E-state index in [1.54, 1.807) is 7.05 Å². The monoisotopic (exact) mass is 383 g/mol. The van der Waals surface area contributed by atoms with Gasteiger partial charge in [-0.3, -0.25) is 9.79 Å². The average molecular weight is 383 g/mol. The van der Waals surface area contributed by atoms with Crippen LogP contribution in [0, 0.1) is 6.92 Å². The van der Waals surface area contributed by atoms with E-state index in [2.05, 4.69) is 10.3 Å². The number of hydrogen-bond acceptors (Lipinski definition) is 5. The SMILES string of the molecule is CN=C(/C(C)=C(\C)N)c1ccccc1NC=O.Cc1cccc(OCCO)c1. The van der Waals surface area contributed by atoms with Gasteiger partial charge in [-0.05, 0) is 50.1 Å². The molecule has 2 rings (SSSR count). The number of allylic oxidation sites excluding steroid dienone is 2. The van der Waals surface area contributed by atoms with E-state index in [0.29, 0.717) is 18.7 Å². The Morgan fingerprint density at radius 3 is 2.50 bits per heavy atom. The topological polar surface area (TPSA) is 96.9 Å². The molecule has 0 saturated heterocycles. The maximum absolute atomic E-state index is 10.6. The molecular weight excluding hydrogens is 354 g/mol. The molecule has 0 aliphatic heterocycles. The zero-order valence-electron chi connectivity index (χ0n) is 16.9. The van der Waals surface area contributed by atoms with E-state index >= 15 is 0 Å². The Balaban J connectivity index is 0.000000307. The summed E-state index contributed by atoms with van der Waals surface area (Å²) in [6, 6.07) is 15.2. The number of nitrogens with two attached hydrogens (primary N) is 1. The van der Waals surface area contributed by atoms with Crippen LogP contribution in [0.5, 0.6) is 5.75 Å². The maximum atomic E-state index is 10.6. The van der Waals surface area contributed by atoms with Crippen molar-refractivity contribution in [3.05, 3.63) is 70.9 Å². The fourth-order valence-corrected chi connectivity index (χ4v) is 2.42. The first-order valence-corrected chi connectivity index (χ1v) is 8.94. The number of benzene rings is 2. The van der Waals surface area contributed by atoms with E-state index in [9.17, 15) is 4.79 Å². The first-order chi connectivity index (χ1) is 13.4. The Bertz CT molecular complexity index is 825. The van der Waals surface area contributed by atoms with Crippen LogP contribution >= 0.6 is 0 Å². The van der Waals surface area contributed by atoms with Gasteiger partial charge in [0.2, 0.25) is 6.41 Å². The third-order valence-electron chi connectivity index (χ3n) is 3.92. The molecule has 0 radical (unpaired) electrons. The van der Waals surface area contributed by atoms with Crippen LogP contribution in [0.4, 0.5) is 5.69 Å². The van der Waals surface area contributed by atoms with Crippen LogP contribution in [0.1, 0.15) is 25.0 Å². The fourth-order valence-electron chi connectivity index (χ4n) is 2.42. The number of rotatable bonds is 7. The quantitative estimate of drug-likeness (QED) is 0.505. The maximum Gasteiger partial charge on any atom is 0.211 e. The summed E-state index contributed by atoms with van der Waals surface area (Å²) in [5.74, 6) is 0.819. The molecule has 0 saturated carbocycles. The lowest BCUT2D eigenvalue weighted by molar-refractivity contribution is -0.105. The van der Waals surface area contributed by atoms with Gasteiger partial charge in [-0.15, -0.1) is 0 Å². The molecule has 2 aromatic rings. The highest BCUT2D eigenvalue weighted by atomic mass is 16.5. The Labute approximate surface area is 166 Å². The number of ether oxygens (including phenoxy) is 1. The molecule has 0 atom stereocenters. The lowest BCUT2D eigenvalue weighted by Crippen LogP contribution is -2.11. The predicted octanol–water partition coefficient (Wildman–Crippen LogP) is 3.29. The molecule has 0 aromatic heterocycles. The van der Waals surface area contributed by atoms with Gasteiger partial charge in [0.05, 0.1) is 12.3 Å². The number of nitrogens with one attached hydrogen (secondary N) is 1. The van der Waals surface area contributed by atoms with Gasteiger partial charge in [0.1, 0.15) is 12.4 Å². The van der Waals surface area contributed by atoms with E-state index in [-0.39, 0.29) is 6.61 Å². The van der Waals surface area contributed by atoms with Gasteiger partial charge in [-0.1, -0.05) is 30.3 Å². The van der Waals surface area contributed by atoms with E-state index in [4.69, 9.17) is 15.6 Å². The van der Waals surface area contributed by atoms with Crippen LogP contribution in [-0.2, 0) is 4.79 Å². The molecule has 6 nitrogen and oxygen atoms in total. The summed E-state index contributed by atoms with van der Waals surface area (Å²) in [6.07, 6.45) is 0.653. The minimum absolute atomic E-state index is 0.0634. The van der Waals surface area contributed by atoms with Crippen LogP contribution in [0.3, 0.4) is 0 Å². The van der Waals surface area contributed by atoms with Crippen molar-refractivity contribution in [3.8, 4) is 5.75 Å². The van der Waals surface area contributed by atoms with Crippen molar-refractivity contribution in [3.63, 3.8) is 0 Å². The van der Waals surface area contributed by atoms with Gasteiger partial charge in [-0.2, -0.15) is 0 Å². The van der Waals surface area contributed by atoms with Crippen molar-refractivity contribution in [1.29, 1.82) is 0 Å². The Kier molecular flexibility index (Phi) is 10.1. The van der Waals surface area contributed by atoms with E-state index in [1.807, 2.05) is 69.3 Å². The van der Waals surface area contributed by atoms with Gasteiger partial charge in [-0.25, -0.2) is 0 Å². The summed E-state index contributed by atoms with van der Waals surface area (Å²) in [4.78, 5) is 14.8. The number of aliphatic hydroxyl groups is 1. The number of nitrogens with zero attached hydrogens (tertiary/aromatic N) is 1. The number of carbonyl (C=O) groups excluding carboxylic acids is 1. The number of hydrogen-bond donors (Lipinski definition) is 3. The van der Waals surface area contributed by atoms with Crippen LogP contribution < -0.4 is 15.8 Å². The van der Waals surface area contributed by atoms with E-state index < -0.39 is 0 Å². The largest absolute Gasteiger partial charge is 0.491 e. The van der Waals surface area contributed by atoms with Gasteiger partial charge < -0.3 is 20.9 Å². The molecule has 0 fully saturated rings. The number of anilines is 1. The minimum Gasteiger partial charge on any atom is -0.491 e. The summed E-state index contributed by atoms with van der Waals surface area (Å²) >= 11 is 0. The molecule has 0 aliphatic rings. The third-order valence-corrected chi connectivity index (χ3v) is 3.92. The highest BCUT2D eigenvalue weighted by Crippen LogP contribution is 2.19. The molecule has 150 valence electrons. The molecule has 28 heavy (non-hydrogen) atoms. The van der Waals surface area contributed by atoms with Gasteiger partial charge in [0.25, 0.3) is 0 Å². The van der Waals surface area contributed by atoms with Gasteiger partial charge in [0, 0.05) is 24.0 Å². The molecule has 0 spiro atoms. The summed E-state index contributed by atoms with van der Waals surface area (Å²) in [6.45, 7) is 6.18. The van der Waals surface area contributed by atoms with Crippen LogP contribution in [0.25, 0.3) is 0 Å². The van der Waals surface area contributed by atoms with Crippen LogP contribution in [0.2, 0.25) is 0 Å². The number of aliphatic imine (C=N–C) groups is 1. The second-order valence-corrected chi connectivity index (χ2v) is 6.08. The first kappa shape index (κ1) is 22.9. The molecule has 0 heterocycles. The minimum atomic E-state index is 0.0634. The zero-order valence-corrected chi connectivity index (χ0v) is 16.9. The number of aliphatic hydroxyl groups excluding tert-OH is 1. The summed E-state index contributed by atoms with van der Waals surface area (Å²) in [5, 5.41) is 11.1. The summed E-state index contributed by atoms with van der Waals surface area (Å²) in [5.41, 5.74) is 11.0. The lowest BCUT2D eigenvalue weighted by atomic mass is 10.0. The molecule has 0 unspecified atom stereocenters. The van der Waals surface area contributed by atoms with Crippen molar-refractivity contribution < 1.29 is 14.6 Å². The molecule has 6 heteroatoms. The fraction of sp³-hybridized carbons (Fsp3) is 0.273. The van der Waals surface area contributed by atoms with Crippen molar-refractivity contribution in [1.82, 2.24) is 0 Å². The second-order valence-electron chi connectivity index (χ2n) is 6.08. The number of carbonyl (C=O) groups is 1. The summed E-state index contributed by atoms with van der Waals surface area (Å²) in [7, 11) is 1.71. The Hall–Kier alpha value is -3.12. The molecule has 0 bridgehead atoms.